The van der Waals surface area contributed by atoms with Gasteiger partial charge in [-0.1, -0.05) is 0 Å². The molecule has 40 heavy (non-hydrogen) atoms. The molecular weight excluding hydrogens is 508 g/mol. The molecule has 0 radical (unpaired) electrons. The molecule has 214 valence electrons. The summed E-state index contributed by atoms with van der Waals surface area (Å²) in [7, 11) is 0. The third-order valence-corrected chi connectivity index (χ3v) is 6.55. The van der Waals surface area contributed by atoms with Gasteiger partial charge in [-0.05, 0) is 63.1 Å². The van der Waals surface area contributed by atoms with Gasteiger partial charge in [-0.3, -0.25) is 20.0 Å². The molecule has 0 fully saturated rings. The van der Waals surface area contributed by atoms with Crippen molar-refractivity contribution in [1.82, 2.24) is 9.97 Å². The molecule has 2 aromatic rings. The summed E-state index contributed by atoms with van der Waals surface area (Å²) < 4.78 is 22.6. The largest absolute Gasteiger partial charge is 0.377 e. The lowest BCUT2D eigenvalue weighted by molar-refractivity contribution is 0.0541. The number of pyridine rings is 2. The normalized spacial score (nSPS) is 24.2. The van der Waals surface area contributed by atoms with E-state index in [9.17, 15) is 0 Å². The van der Waals surface area contributed by atoms with Crippen molar-refractivity contribution in [1.29, 1.82) is 0 Å². The van der Waals surface area contributed by atoms with E-state index in [0.717, 1.165) is 56.7 Å². The van der Waals surface area contributed by atoms with Crippen molar-refractivity contribution in [2.75, 3.05) is 79.0 Å². The first-order chi connectivity index (χ1) is 19.5. The summed E-state index contributed by atoms with van der Waals surface area (Å²) in [4.78, 5) is 28.7. The van der Waals surface area contributed by atoms with Crippen molar-refractivity contribution in [2.24, 2.45) is 20.0 Å². The lowest BCUT2D eigenvalue weighted by atomic mass is 10.00. The second-order valence-electron chi connectivity index (χ2n) is 9.57. The van der Waals surface area contributed by atoms with Crippen molar-refractivity contribution in [3.63, 3.8) is 0 Å². The van der Waals surface area contributed by atoms with Gasteiger partial charge in [0.25, 0.3) is 0 Å². The number of aliphatic imine (C=N–C) groups is 4. The van der Waals surface area contributed by atoms with Crippen molar-refractivity contribution < 1.29 is 18.9 Å². The smallest absolute Gasteiger partial charge is 0.0851 e. The zero-order valence-electron chi connectivity index (χ0n) is 24.1. The van der Waals surface area contributed by atoms with E-state index >= 15 is 0 Å². The van der Waals surface area contributed by atoms with Gasteiger partial charge in [0.1, 0.15) is 0 Å². The quantitative estimate of drug-likeness (QED) is 0.540. The Hall–Kier alpha value is -3.18. The monoisotopic (exact) mass is 548 g/mol. The van der Waals surface area contributed by atoms with Crippen LogP contribution >= 0.6 is 0 Å². The molecule has 0 aliphatic carbocycles. The summed E-state index contributed by atoms with van der Waals surface area (Å²) in [5.74, 6) is 0. The predicted molar refractivity (Wildman–Crippen MR) is 159 cm³/mol. The molecule has 4 rings (SSSR count). The van der Waals surface area contributed by atoms with Gasteiger partial charge in [0.15, 0.2) is 0 Å². The van der Waals surface area contributed by atoms with Gasteiger partial charge in [-0.15, -0.1) is 0 Å². The highest BCUT2D eigenvalue weighted by molar-refractivity contribution is 6.04. The Kier molecular flexibility index (Phi) is 11.6. The minimum absolute atomic E-state index is 0.535. The number of nitrogens with zero attached hydrogens (tertiary/aromatic N) is 6. The molecular formula is C30H40N6O4. The maximum atomic E-state index is 5.64. The summed E-state index contributed by atoms with van der Waals surface area (Å²) in [6.45, 7) is 14.5. The molecule has 4 bridgehead atoms. The summed E-state index contributed by atoms with van der Waals surface area (Å²) in [5, 5.41) is 0. The fourth-order valence-electron chi connectivity index (χ4n) is 4.22. The van der Waals surface area contributed by atoms with Crippen molar-refractivity contribution >= 4 is 22.8 Å². The van der Waals surface area contributed by atoms with Crippen LogP contribution in [0.2, 0.25) is 0 Å². The van der Waals surface area contributed by atoms with Crippen molar-refractivity contribution in [3.05, 3.63) is 47.0 Å². The van der Waals surface area contributed by atoms with E-state index in [-0.39, 0.29) is 0 Å². The second-order valence-corrected chi connectivity index (χ2v) is 9.57. The van der Waals surface area contributed by atoms with Crippen LogP contribution in [0.5, 0.6) is 0 Å². The summed E-state index contributed by atoms with van der Waals surface area (Å²) in [6.07, 6.45) is 0. The van der Waals surface area contributed by atoms with Crippen molar-refractivity contribution in [2.45, 2.75) is 27.7 Å². The first kappa shape index (κ1) is 29.8. The predicted octanol–water partition coefficient (Wildman–Crippen LogP) is 3.47. The Balaban J connectivity index is 1.80. The Morgan fingerprint density at radius 3 is 0.900 bits per heavy atom. The summed E-state index contributed by atoms with van der Waals surface area (Å²) in [6, 6.07) is 8.29. The van der Waals surface area contributed by atoms with Gasteiger partial charge >= 0.3 is 0 Å². The van der Waals surface area contributed by atoms with Gasteiger partial charge in [-0.25, -0.2) is 9.97 Å². The Bertz CT molecular complexity index is 1080. The third kappa shape index (κ3) is 8.92. The van der Waals surface area contributed by atoms with E-state index in [0.29, 0.717) is 79.0 Å². The average Bonchev–Trinajstić information content (AvgIpc) is 2.97. The van der Waals surface area contributed by atoms with Crippen LogP contribution in [0.25, 0.3) is 11.1 Å². The van der Waals surface area contributed by atoms with E-state index in [1.807, 2.05) is 27.7 Å². The minimum Gasteiger partial charge on any atom is -0.377 e. The summed E-state index contributed by atoms with van der Waals surface area (Å²) >= 11 is 0. The van der Waals surface area contributed by atoms with Crippen LogP contribution in [0.4, 0.5) is 0 Å². The van der Waals surface area contributed by atoms with Gasteiger partial charge in [0.2, 0.25) is 0 Å². The second kappa shape index (κ2) is 15.6. The number of aromatic nitrogens is 2. The Labute approximate surface area is 236 Å². The topological polar surface area (TPSA) is 112 Å². The van der Waals surface area contributed by atoms with E-state index in [1.54, 1.807) is 0 Å². The molecule has 4 heterocycles. The fraction of sp³-hybridized carbons (Fsp3) is 0.533. The van der Waals surface area contributed by atoms with Crippen molar-refractivity contribution in [3.8, 4) is 11.1 Å². The van der Waals surface area contributed by atoms with E-state index in [1.165, 1.54) is 0 Å². The average molecular weight is 549 g/mol. The zero-order chi connectivity index (χ0) is 28.2. The van der Waals surface area contributed by atoms with Crippen LogP contribution in [0, 0.1) is 0 Å². The van der Waals surface area contributed by atoms with Gasteiger partial charge in [0, 0.05) is 0 Å². The molecule has 0 unspecified atom stereocenters. The first-order valence-electron chi connectivity index (χ1n) is 13.9. The molecule has 2 aromatic heterocycles. The maximum absolute atomic E-state index is 5.64. The minimum atomic E-state index is 0.535. The highest BCUT2D eigenvalue weighted by Gasteiger charge is 2.14. The van der Waals surface area contributed by atoms with E-state index < -0.39 is 0 Å². The van der Waals surface area contributed by atoms with E-state index in [4.69, 9.17) is 48.9 Å². The third-order valence-electron chi connectivity index (χ3n) is 6.55. The molecule has 0 atom stereocenters. The van der Waals surface area contributed by atoms with Crippen LogP contribution in [0.15, 0.2) is 44.2 Å². The Morgan fingerprint density at radius 2 is 0.650 bits per heavy atom. The molecule has 0 spiro atoms. The molecule has 10 nitrogen and oxygen atoms in total. The van der Waals surface area contributed by atoms with Crippen LogP contribution < -0.4 is 0 Å². The number of hydrogen-bond donors (Lipinski definition) is 0. The highest BCUT2D eigenvalue weighted by atomic mass is 16.5. The maximum Gasteiger partial charge on any atom is 0.0851 e. The lowest BCUT2D eigenvalue weighted by Crippen LogP contribution is -2.10. The van der Waals surface area contributed by atoms with E-state index in [2.05, 4.69) is 24.3 Å². The van der Waals surface area contributed by atoms with Gasteiger partial charge < -0.3 is 18.9 Å². The molecule has 0 N–H and O–H groups in total. The standard InChI is InChI=1S/C30H40N6O4/c1-21-27-17-25(18-28(35-27)22(2)32-6-10-38-14-13-37-9-5-31-21)26-19-29-23(3)33-7-11-39-15-16-40-12-8-34-24(4)30(20-26)36-29/h17-20H,5-16H2,1-4H3/b31-21+,32-22+,33-23+,34-24+. The number of hydrogen-bond acceptors (Lipinski definition) is 10. The number of ether oxygens (including phenoxy) is 4. The molecule has 0 saturated heterocycles. The molecule has 0 amide bonds. The molecule has 0 aromatic carbocycles. The number of rotatable bonds is 1. The molecule has 2 aliphatic heterocycles. The highest BCUT2D eigenvalue weighted by Crippen LogP contribution is 2.25. The number of fused-ring (bicyclic) bond motifs is 4. The van der Waals surface area contributed by atoms with Crippen LogP contribution in [0.3, 0.4) is 0 Å². The lowest BCUT2D eigenvalue weighted by Gasteiger charge is -2.13. The first-order valence-corrected chi connectivity index (χ1v) is 13.9. The summed E-state index contributed by atoms with van der Waals surface area (Å²) in [5.41, 5.74) is 8.60. The molecule has 2 aliphatic rings. The van der Waals surface area contributed by atoms with Gasteiger partial charge in [0.05, 0.1) is 125 Å². The molecule has 10 heteroatoms. The zero-order valence-corrected chi connectivity index (χ0v) is 24.1. The fourth-order valence-corrected chi connectivity index (χ4v) is 4.22. The van der Waals surface area contributed by atoms with Crippen LogP contribution in [-0.2, 0) is 18.9 Å². The van der Waals surface area contributed by atoms with Gasteiger partial charge in [-0.2, -0.15) is 0 Å². The SMILES string of the molecule is C/C1=N\CCOCCOCC/N=C(\C)c2cc(-c3cc4nc(c3)/C(C)=N/CCOCCOCC/N=C/4C)cc1n2. The van der Waals surface area contributed by atoms with Crippen LogP contribution in [0.1, 0.15) is 50.5 Å². The Morgan fingerprint density at radius 1 is 0.400 bits per heavy atom. The van der Waals surface area contributed by atoms with Crippen LogP contribution in [-0.4, -0.2) is 112 Å². The molecule has 0 saturated carbocycles.